The number of piperidine rings is 2. The number of anilines is 2. The number of rotatable bonds is 6. The van der Waals surface area contributed by atoms with E-state index in [2.05, 4.69) is 20.1 Å². The Morgan fingerprint density at radius 3 is 2.54 bits per heavy atom. The summed E-state index contributed by atoms with van der Waals surface area (Å²) in [6, 6.07) is 3.91. The van der Waals surface area contributed by atoms with Crippen LogP contribution in [0.25, 0.3) is 0 Å². The second-order valence-corrected chi connectivity index (χ2v) is 7.32. The van der Waals surface area contributed by atoms with E-state index in [0.29, 0.717) is 6.54 Å². The van der Waals surface area contributed by atoms with Crippen molar-refractivity contribution in [1.82, 2.24) is 9.88 Å². The summed E-state index contributed by atoms with van der Waals surface area (Å²) in [5, 5.41) is 12.4. The van der Waals surface area contributed by atoms with Crippen molar-refractivity contribution in [1.29, 1.82) is 0 Å². The quantitative estimate of drug-likeness (QED) is 0.798. The van der Waals surface area contributed by atoms with Gasteiger partial charge in [0, 0.05) is 33.3 Å². The minimum Gasteiger partial charge on any atom is -0.393 e. The molecule has 3 rings (SSSR count). The van der Waals surface area contributed by atoms with Crippen LogP contribution in [0.5, 0.6) is 0 Å². The first kappa shape index (κ1) is 19.1. The van der Waals surface area contributed by atoms with Gasteiger partial charge in [0.25, 0.3) is 0 Å². The average Bonchev–Trinajstić information content (AvgIpc) is 2.70. The molecule has 2 aliphatic rings. The maximum Gasteiger partial charge on any atom is 0.238 e. The van der Waals surface area contributed by atoms with Gasteiger partial charge in [-0.25, -0.2) is 4.98 Å². The van der Waals surface area contributed by atoms with E-state index in [9.17, 15) is 9.90 Å². The number of aliphatic hydroxyl groups is 1. The lowest BCUT2D eigenvalue weighted by molar-refractivity contribution is -0.120. The lowest BCUT2D eigenvalue weighted by Gasteiger charge is -2.39. The molecule has 2 saturated heterocycles. The number of aliphatic hydroxyl groups excluding tert-OH is 1. The smallest absolute Gasteiger partial charge is 0.238 e. The van der Waals surface area contributed by atoms with Gasteiger partial charge >= 0.3 is 0 Å². The van der Waals surface area contributed by atoms with E-state index in [4.69, 9.17) is 4.74 Å². The molecule has 1 aromatic heterocycles. The molecule has 0 spiro atoms. The number of hydrogen-bond acceptors (Lipinski definition) is 6. The molecule has 2 N–H and O–H groups in total. The molecule has 7 nitrogen and oxygen atoms in total. The van der Waals surface area contributed by atoms with Crippen LogP contribution in [-0.4, -0.2) is 72.9 Å². The highest BCUT2D eigenvalue weighted by atomic mass is 16.5. The van der Waals surface area contributed by atoms with Crippen molar-refractivity contribution in [3.8, 4) is 0 Å². The molecule has 0 saturated carbocycles. The first-order valence-electron chi connectivity index (χ1n) is 9.53. The molecule has 0 atom stereocenters. The molecule has 0 unspecified atom stereocenters. The van der Waals surface area contributed by atoms with Crippen molar-refractivity contribution in [2.75, 3.05) is 56.7 Å². The number of aromatic nitrogens is 1. The van der Waals surface area contributed by atoms with Crippen LogP contribution in [0.2, 0.25) is 0 Å². The third-order valence-electron chi connectivity index (χ3n) is 5.57. The monoisotopic (exact) mass is 362 g/mol. The number of methoxy groups -OCH3 is 1. The number of pyridine rings is 1. The number of hydrogen-bond donors (Lipinski definition) is 2. The van der Waals surface area contributed by atoms with E-state index in [1.165, 1.54) is 19.3 Å². The summed E-state index contributed by atoms with van der Waals surface area (Å²) in [5.74, 6) is 0.949. The first-order valence-corrected chi connectivity index (χ1v) is 9.53. The Hall–Kier alpha value is -1.70. The molecule has 26 heavy (non-hydrogen) atoms. The van der Waals surface area contributed by atoms with Crippen molar-refractivity contribution in [3.05, 3.63) is 18.3 Å². The zero-order valence-corrected chi connectivity index (χ0v) is 15.6. The van der Waals surface area contributed by atoms with Gasteiger partial charge in [-0.1, -0.05) is 0 Å². The number of ether oxygens (including phenoxy) is 1. The van der Waals surface area contributed by atoms with E-state index in [-0.39, 0.29) is 12.5 Å². The number of carbonyl (C=O) groups is 1. The normalized spacial score (nSPS) is 20.8. The summed E-state index contributed by atoms with van der Waals surface area (Å²) < 4.78 is 5.45. The van der Waals surface area contributed by atoms with Gasteiger partial charge in [0.2, 0.25) is 5.91 Å². The Morgan fingerprint density at radius 1 is 1.23 bits per heavy atom. The summed E-state index contributed by atoms with van der Waals surface area (Å²) in [6.07, 6.45) is 6.94. The zero-order valence-electron chi connectivity index (χ0n) is 15.6. The van der Waals surface area contributed by atoms with E-state index < -0.39 is 5.60 Å². The zero-order chi connectivity index (χ0) is 18.4. The summed E-state index contributed by atoms with van der Waals surface area (Å²) >= 11 is 0. The largest absolute Gasteiger partial charge is 0.393 e. The standard InChI is InChI=1S/C19H30N4O3/c1-26-19(15-24)7-11-22(12-8-19)14-18(25)21-16-5-6-17(20-13-16)23-9-3-2-4-10-23/h5-6,13,24H,2-4,7-12,14-15H2,1H3,(H,21,25). The van der Waals surface area contributed by atoms with Crippen LogP contribution < -0.4 is 10.2 Å². The van der Waals surface area contributed by atoms with Gasteiger partial charge in [0.15, 0.2) is 0 Å². The van der Waals surface area contributed by atoms with Crippen LogP contribution >= 0.6 is 0 Å². The van der Waals surface area contributed by atoms with E-state index in [0.717, 1.165) is 50.5 Å². The molecule has 3 heterocycles. The molecular weight excluding hydrogens is 332 g/mol. The van der Waals surface area contributed by atoms with E-state index in [1.807, 2.05) is 12.1 Å². The SMILES string of the molecule is COC1(CO)CCN(CC(=O)Nc2ccc(N3CCCCC3)nc2)CC1. The number of amides is 1. The van der Waals surface area contributed by atoms with Gasteiger partial charge in [0.1, 0.15) is 5.82 Å². The highest BCUT2D eigenvalue weighted by Gasteiger charge is 2.34. The molecular formula is C19H30N4O3. The van der Waals surface area contributed by atoms with Gasteiger partial charge in [-0.2, -0.15) is 0 Å². The third kappa shape index (κ3) is 4.72. The maximum absolute atomic E-state index is 12.3. The highest BCUT2D eigenvalue weighted by molar-refractivity contribution is 5.92. The van der Waals surface area contributed by atoms with Crippen molar-refractivity contribution >= 4 is 17.4 Å². The fourth-order valence-electron chi connectivity index (χ4n) is 3.72. The Morgan fingerprint density at radius 2 is 1.96 bits per heavy atom. The number of nitrogens with zero attached hydrogens (tertiary/aromatic N) is 3. The molecule has 0 aliphatic carbocycles. The Bertz CT molecular complexity index is 573. The van der Waals surface area contributed by atoms with Crippen LogP contribution in [0, 0.1) is 0 Å². The van der Waals surface area contributed by atoms with Gasteiger partial charge < -0.3 is 20.1 Å². The minimum absolute atomic E-state index is 0.0264. The lowest BCUT2D eigenvalue weighted by atomic mass is 9.92. The summed E-state index contributed by atoms with van der Waals surface area (Å²) in [7, 11) is 1.64. The van der Waals surface area contributed by atoms with Crippen LogP contribution in [-0.2, 0) is 9.53 Å². The molecule has 7 heteroatoms. The molecule has 0 aromatic carbocycles. The van der Waals surface area contributed by atoms with Gasteiger partial charge in [-0.05, 0) is 44.2 Å². The van der Waals surface area contributed by atoms with Crippen molar-refractivity contribution in [3.63, 3.8) is 0 Å². The topological polar surface area (TPSA) is 77.9 Å². The molecule has 1 amide bonds. The van der Waals surface area contributed by atoms with E-state index in [1.54, 1.807) is 13.3 Å². The fraction of sp³-hybridized carbons (Fsp3) is 0.684. The maximum atomic E-state index is 12.3. The van der Waals surface area contributed by atoms with Crippen LogP contribution in [0.15, 0.2) is 18.3 Å². The van der Waals surface area contributed by atoms with Crippen molar-refractivity contribution in [2.45, 2.75) is 37.7 Å². The second-order valence-electron chi connectivity index (χ2n) is 7.32. The molecule has 0 radical (unpaired) electrons. The predicted octanol–water partition coefficient (Wildman–Crippen LogP) is 1.48. The van der Waals surface area contributed by atoms with Crippen LogP contribution in [0.3, 0.4) is 0 Å². The predicted molar refractivity (Wildman–Crippen MR) is 101 cm³/mol. The molecule has 1 aromatic rings. The number of carbonyl (C=O) groups excluding carboxylic acids is 1. The third-order valence-corrected chi connectivity index (χ3v) is 5.57. The number of likely N-dealkylation sites (tertiary alicyclic amines) is 1. The molecule has 2 fully saturated rings. The molecule has 0 bridgehead atoms. The van der Waals surface area contributed by atoms with Gasteiger partial charge in [-0.15, -0.1) is 0 Å². The van der Waals surface area contributed by atoms with Crippen molar-refractivity contribution in [2.24, 2.45) is 0 Å². The Kier molecular flexibility index (Phi) is 6.45. The van der Waals surface area contributed by atoms with Crippen LogP contribution in [0.1, 0.15) is 32.1 Å². The summed E-state index contributed by atoms with van der Waals surface area (Å²) in [6.45, 7) is 3.98. The van der Waals surface area contributed by atoms with E-state index >= 15 is 0 Å². The first-order chi connectivity index (χ1) is 12.6. The fourth-order valence-corrected chi connectivity index (χ4v) is 3.72. The highest BCUT2D eigenvalue weighted by Crippen LogP contribution is 2.25. The molecule has 144 valence electrons. The minimum atomic E-state index is -0.443. The van der Waals surface area contributed by atoms with Crippen LogP contribution in [0.4, 0.5) is 11.5 Å². The van der Waals surface area contributed by atoms with Crippen molar-refractivity contribution < 1.29 is 14.6 Å². The second kappa shape index (κ2) is 8.79. The molecule has 2 aliphatic heterocycles. The Labute approximate surface area is 155 Å². The number of nitrogens with one attached hydrogen (secondary N) is 1. The summed E-state index contributed by atoms with van der Waals surface area (Å²) in [4.78, 5) is 21.2. The Balaban J connectivity index is 1.46. The van der Waals surface area contributed by atoms with Gasteiger partial charge in [-0.3, -0.25) is 9.69 Å². The summed E-state index contributed by atoms with van der Waals surface area (Å²) in [5.41, 5.74) is 0.288. The average molecular weight is 362 g/mol. The van der Waals surface area contributed by atoms with Gasteiger partial charge in [0.05, 0.1) is 30.6 Å². The lowest BCUT2D eigenvalue weighted by Crippen LogP contribution is -2.49.